The fourth-order valence-electron chi connectivity index (χ4n) is 2.07. The molecule has 0 bridgehead atoms. The van der Waals surface area contributed by atoms with E-state index in [1.165, 1.54) is 0 Å². The molecule has 1 unspecified atom stereocenters. The Labute approximate surface area is 68.2 Å². The molecule has 2 heteroatoms. The van der Waals surface area contributed by atoms with E-state index >= 15 is 0 Å². The molecule has 11 heavy (non-hydrogen) atoms. The maximum atomic E-state index is 13.5. The largest absolute Gasteiger partial charge is 0.325 e. The fourth-order valence-corrected chi connectivity index (χ4v) is 2.07. The molecule has 2 N–H and O–H groups in total. The quantitative estimate of drug-likeness (QED) is 0.671. The monoisotopic (exact) mass is 159 g/mol. The van der Waals surface area contributed by atoms with Crippen LogP contribution < -0.4 is 5.73 Å². The number of hydrogen-bond donors (Lipinski definition) is 1. The van der Waals surface area contributed by atoms with Crippen LogP contribution in [0.1, 0.15) is 40.0 Å². The van der Waals surface area contributed by atoms with Gasteiger partial charge in [-0.15, -0.1) is 0 Å². The summed E-state index contributed by atoms with van der Waals surface area (Å²) in [4.78, 5) is 0. The molecule has 1 aliphatic rings. The van der Waals surface area contributed by atoms with E-state index in [9.17, 15) is 4.39 Å². The lowest BCUT2D eigenvalue weighted by molar-refractivity contribution is 0.0937. The maximum absolute atomic E-state index is 13.5. The van der Waals surface area contributed by atoms with Crippen LogP contribution in [0.3, 0.4) is 0 Å². The van der Waals surface area contributed by atoms with Crippen LogP contribution in [0, 0.1) is 5.92 Å². The van der Waals surface area contributed by atoms with Crippen molar-refractivity contribution >= 4 is 0 Å². The summed E-state index contributed by atoms with van der Waals surface area (Å²) in [6.07, 6.45) is 2.84. The van der Waals surface area contributed by atoms with Gasteiger partial charge in [-0.1, -0.05) is 6.92 Å². The summed E-state index contributed by atoms with van der Waals surface area (Å²) in [5.41, 5.74) is 4.66. The van der Waals surface area contributed by atoms with E-state index in [0.717, 1.165) is 19.3 Å². The van der Waals surface area contributed by atoms with Gasteiger partial charge in [0.1, 0.15) is 5.67 Å². The van der Waals surface area contributed by atoms with Crippen molar-refractivity contribution in [3.63, 3.8) is 0 Å². The SMILES string of the molecule is CCC(C(C)(C)F)C1(N)CC1. The zero-order valence-corrected chi connectivity index (χ0v) is 7.65. The van der Waals surface area contributed by atoms with E-state index in [0.29, 0.717) is 0 Å². The van der Waals surface area contributed by atoms with Gasteiger partial charge in [-0.3, -0.25) is 0 Å². The van der Waals surface area contributed by atoms with E-state index < -0.39 is 5.67 Å². The van der Waals surface area contributed by atoms with E-state index in [1.54, 1.807) is 13.8 Å². The molecule has 0 amide bonds. The molecule has 0 heterocycles. The van der Waals surface area contributed by atoms with Crippen molar-refractivity contribution in [2.24, 2.45) is 11.7 Å². The molecular formula is C9H18FN. The molecule has 0 aromatic rings. The molecule has 1 nitrogen and oxygen atoms in total. The minimum absolute atomic E-state index is 0.0370. The molecule has 0 saturated heterocycles. The van der Waals surface area contributed by atoms with Crippen LogP contribution >= 0.6 is 0 Å². The van der Waals surface area contributed by atoms with E-state index in [2.05, 4.69) is 0 Å². The van der Waals surface area contributed by atoms with Crippen molar-refractivity contribution in [2.75, 3.05) is 0 Å². The zero-order chi connectivity index (χ0) is 8.70. The van der Waals surface area contributed by atoms with Crippen molar-refractivity contribution in [3.8, 4) is 0 Å². The van der Waals surface area contributed by atoms with E-state index in [-0.39, 0.29) is 11.5 Å². The topological polar surface area (TPSA) is 26.0 Å². The first kappa shape index (κ1) is 8.98. The molecule has 0 aromatic heterocycles. The second kappa shape index (κ2) is 2.44. The highest BCUT2D eigenvalue weighted by molar-refractivity contribution is 5.07. The Balaban J connectivity index is 2.64. The molecular weight excluding hydrogens is 141 g/mol. The third kappa shape index (κ3) is 1.73. The van der Waals surface area contributed by atoms with Gasteiger partial charge in [-0.2, -0.15) is 0 Å². The first-order valence-corrected chi connectivity index (χ1v) is 4.38. The first-order chi connectivity index (χ1) is 4.90. The normalized spacial score (nSPS) is 24.8. The highest BCUT2D eigenvalue weighted by atomic mass is 19.1. The fraction of sp³-hybridized carbons (Fsp3) is 1.00. The molecule has 0 aliphatic heterocycles. The minimum Gasteiger partial charge on any atom is -0.325 e. The number of nitrogens with two attached hydrogens (primary N) is 1. The number of halogens is 1. The van der Waals surface area contributed by atoms with Gasteiger partial charge < -0.3 is 5.73 Å². The molecule has 1 fully saturated rings. The second-order valence-corrected chi connectivity index (χ2v) is 4.26. The van der Waals surface area contributed by atoms with Crippen molar-refractivity contribution in [2.45, 2.75) is 51.2 Å². The highest BCUT2D eigenvalue weighted by Gasteiger charge is 2.51. The van der Waals surface area contributed by atoms with Crippen LogP contribution in [-0.4, -0.2) is 11.2 Å². The van der Waals surface area contributed by atoms with Gasteiger partial charge in [0.15, 0.2) is 0 Å². The van der Waals surface area contributed by atoms with Crippen LogP contribution in [0.2, 0.25) is 0 Å². The Morgan fingerprint density at radius 3 is 2.09 bits per heavy atom. The van der Waals surface area contributed by atoms with Gasteiger partial charge in [-0.25, -0.2) is 4.39 Å². The van der Waals surface area contributed by atoms with Gasteiger partial charge in [-0.05, 0) is 33.1 Å². The molecule has 0 aromatic carbocycles. The molecule has 0 spiro atoms. The molecule has 1 saturated carbocycles. The Morgan fingerprint density at radius 2 is 2.00 bits per heavy atom. The van der Waals surface area contributed by atoms with Gasteiger partial charge in [0, 0.05) is 11.5 Å². The van der Waals surface area contributed by atoms with Crippen molar-refractivity contribution in [3.05, 3.63) is 0 Å². The van der Waals surface area contributed by atoms with Crippen LogP contribution in [0.4, 0.5) is 4.39 Å². The Morgan fingerprint density at radius 1 is 1.55 bits per heavy atom. The summed E-state index contributed by atoms with van der Waals surface area (Å²) < 4.78 is 13.5. The third-order valence-electron chi connectivity index (χ3n) is 2.76. The minimum atomic E-state index is -1.11. The van der Waals surface area contributed by atoms with Crippen LogP contribution in [0.25, 0.3) is 0 Å². The Kier molecular flexibility index (Phi) is 1.99. The predicted octanol–water partition coefficient (Wildman–Crippen LogP) is 2.25. The number of rotatable bonds is 3. The van der Waals surface area contributed by atoms with Gasteiger partial charge in [0.05, 0.1) is 0 Å². The molecule has 1 rings (SSSR count). The number of hydrogen-bond acceptors (Lipinski definition) is 1. The Bertz CT molecular complexity index is 139. The van der Waals surface area contributed by atoms with Gasteiger partial charge >= 0.3 is 0 Å². The highest BCUT2D eigenvalue weighted by Crippen LogP contribution is 2.47. The molecule has 0 radical (unpaired) electrons. The van der Waals surface area contributed by atoms with E-state index in [4.69, 9.17) is 5.73 Å². The summed E-state index contributed by atoms with van der Waals surface area (Å²) in [7, 11) is 0. The predicted molar refractivity (Wildman–Crippen MR) is 45.1 cm³/mol. The Hall–Kier alpha value is -0.110. The first-order valence-electron chi connectivity index (χ1n) is 4.38. The van der Waals surface area contributed by atoms with Crippen LogP contribution in [0.5, 0.6) is 0 Å². The number of alkyl halides is 1. The second-order valence-electron chi connectivity index (χ2n) is 4.26. The summed E-state index contributed by atoms with van der Waals surface area (Å²) >= 11 is 0. The average molecular weight is 159 g/mol. The lowest BCUT2D eigenvalue weighted by atomic mass is 9.82. The van der Waals surface area contributed by atoms with E-state index in [1.807, 2.05) is 6.92 Å². The third-order valence-corrected chi connectivity index (χ3v) is 2.76. The van der Waals surface area contributed by atoms with Gasteiger partial charge in [0.2, 0.25) is 0 Å². The summed E-state index contributed by atoms with van der Waals surface area (Å²) in [5.74, 6) is 0.0370. The molecule has 1 atom stereocenters. The standard InChI is InChI=1S/C9H18FN/c1-4-7(8(2,3)10)9(11)5-6-9/h7H,4-6,11H2,1-3H3. The average Bonchev–Trinajstić information content (AvgIpc) is 2.45. The van der Waals surface area contributed by atoms with Crippen LogP contribution in [0.15, 0.2) is 0 Å². The summed E-state index contributed by atoms with van der Waals surface area (Å²) in [5, 5.41) is 0. The van der Waals surface area contributed by atoms with Crippen LogP contribution in [-0.2, 0) is 0 Å². The maximum Gasteiger partial charge on any atom is 0.110 e. The summed E-state index contributed by atoms with van der Waals surface area (Å²) in [6.45, 7) is 5.28. The van der Waals surface area contributed by atoms with Crippen molar-refractivity contribution < 1.29 is 4.39 Å². The lowest BCUT2D eigenvalue weighted by Crippen LogP contribution is -2.42. The lowest BCUT2D eigenvalue weighted by Gasteiger charge is -2.31. The molecule has 66 valence electrons. The zero-order valence-electron chi connectivity index (χ0n) is 7.65. The molecule has 1 aliphatic carbocycles. The summed E-state index contributed by atoms with van der Waals surface area (Å²) in [6, 6.07) is 0. The smallest absolute Gasteiger partial charge is 0.110 e. The van der Waals surface area contributed by atoms with Gasteiger partial charge in [0.25, 0.3) is 0 Å². The van der Waals surface area contributed by atoms with Crippen molar-refractivity contribution in [1.29, 1.82) is 0 Å². The van der Waals surface area contributed by atoms with Crippen molar-refractivity contribution in [1.82, 2.24) is 0 Å².